The molecule has 1 heterocycles. The second kappa shape index (κ2) is 4.56. The van der Waals surface area contributed by atoms with Gasteiger partial charge in [0, 0.05) is 9.58 Å². The predicted octanol–water partition coefficient (Wildman–Crippen LogP) is 5.26. The molecule has 0 unspecified atom stereocenters. The van der Waals surface area contributed by atoms with Gasteiger partial charge >= 0.3 is 0 Å². The van der Waals surface area contributed by atoms with Crippen molar-refractivity contribution >= 4 is 21.4 Å². The summed E-state index contributed by atoms with van der Waals surface area (Å²) in [5.41, 5.74) is -0.886. The van der Waals surface area contributed by atoms with E-state index in [1.807, 2.05) is 0 Å². The van der Waals surface area contributed by atoms with Crippen molar-refractivity contribution in [3.05, 3.63) is 59.4 Å². The molecule has 0 radical (unpaired) electrons. The Kier molecular flexibility index (Phi) is 2.97. The fourth-order valence-corrected chi connectivity index (χ4v) is 3.02. The molecule has 1 aromatic heterocycles. The number of benzene rings is 2. The first-order valence-electron chi connectivity index (χ1n) is 5.51. The lowest BCUT2D eigenvalue weighted by Gasteiger charge is -2.05. The molecule has 0 spiro atoms. The van der Waals surface area contributed by atoms with E-state index in [0.29, 0.717) is 10.1 Å². The molecular weight excluding hydrogens is 295 g/mol. The van der Waals surface area contributed by atoms with Crippen molar-refractivity contribution in [3.63, 3.8) is 0 Å². The van der Waals surface area contributed by atoms with Gasteiger partial charge in [0.2, 0.25) is 5.82 Å². The molecule has 6 heteroatoms. The first-order chi connectivity index (χ1) is 9.50. The zero-order valence-corrected chi connectivity index (χ0v) is 10.5. The highest BCUT2D eigenvalue weighted by molar-refractivity contribution is 7.22. The second-order valence-corrected chi connectivity index (χ2v) is 5.18. The zero-order valence-electron chi connectivity index (χ0n) is 9.68. The Morgan fingerprint density at radius 3 is 1.85 bits per heavy atom. The summed E-state index contributed by atoms with van der Waals surface area (Å²) < 4.78 is 67.5. The molecule has 0 N–H and O–H groups in total. The summed E-state index contributed by atoms with van der Waals surface area (Å²) in [5.74, 6) is -9.64. The number of hydrogen-bond acceptors (Lipinski definition) is 1. The predicted molar refractivity (Wildman–Crippen MR) is 67.1 cm³/mol. The van der Waals surface area contributed by atoms with Crippen LogP contribution in [-0.2, 0) is 0 Å². The Hall–Kier alpha value is -1.95. The molecule has 3 rings (SSSR count). The Morgan fingerprint density at radius 2 is 1.25 bits per heavy atom. The van der Waals surface area contributed by atoms with E-state index >= 15 is 0 Å². The SMILES string of the molecule is Fc1c(F)c(F)c(-c2cc3ccccc3s2)c(F)c1F. The van der Waals surface area contributed by atoms with Crippen LogP contribution in [0, 0.1) is 29.1 Å². The minimum atomic E-state index is -2.15. The third-order valence-corrected chi connectivity index (χ3v) is 4.02. The molecule has 0 aliphatic rings. The van der Waals surface area contributed by atoms with Gasteiger partial charge in [-0.1, -0.05) is 18.2 Å². The maximum Gasteiger partial charge on any atom is 0.200 e. The summed E-state index contributed by atoms with van der Waals surface area (Å²) in [4.78, 5) is -0.000926. The monoisotopic (exact) mass is 300 g/mol. The first-order valence-corrected chi connectivity index (χ1v) is 6.32. The van der Waals surface area contributed by atoms with Crippen molar-refractivity contribution in [2.45, 2.75) is 0 Å². The van der Waals surface area contributed by atoms with Crippen LogP contribution in [0.25, 0.3) is 20.5 Å². The van der Waals surface area contributed by atoms with Gasteiger partial charge in [-0.25, -0.2) is 22.0 Å². The highest BCUT2D eigenvalue weighted by atomic mass is 32.1. The molecule has 0 bridgehead atoms. The standard InChI is InChI=1S/C14H5F5S/c15-10-9(11(16)13(18)14(19)12(10)17)8-5-6-3-1-2-4-7(6)20-8/h1-5H. The molecule has 0 fully saturated rings. The third-order valence-electron chi connectivity index (χ3n) is 2.88. The lowest BCUT2D eigenvalue weighted by Crippen LogP contribution is -2.03. The van der Waals surface area contributed by atoms with Crippen molar-refractivity contribution in [3.8, 4) is 10.4 Å². The first kappa shape index (κ1) is 13.1. The Bertz CT molecular complexity index is 760. The van der Waals surface area contributed by atoms with Crippen molar-refractivity contribution in [2.75, 3.05) is 0 Å². The van der Waals surface area contributed by atoms with Gasteiger partial charge in [-0.2, -0.15) is 0 Å². The van der Waals surface area contributed by atoms with Crippen molar-refractivity contribution in [1.82, 2.24) is 0 Å². The van der Waals surface area contributed by atoms with Crippen molar-refractivity contribution < 1.29 is 22.0 Å². The van der Waals surface area contributed by atoms with Gasteiger partial charge in [0.1, 0.15) is 0 Å². The van der Waals surface area contributed by atoms with E-state index in [2.05, 4.69) is 0 Å². The molecular formula is C14H5F5S. The Balaban J connectivity index is 2.34. The summed E-state index contributed by atoms with van der Waals surface area (Å²) in [5, 5.41) is 0.677. The van der Waals surface area contributed by atoms with Crippen LogP contribution in [0.4, 0.5) is 22.0 Å². The topological polar surface area (TPSA) is 0 Å². The Morgan fingerprint density at radius 1 is 0.700 bits per heavy atom. The van der Waals surface area contributed by atoms with Crippen LogP contribution >= 0.6 is 11.3 Å². The van der Waals surface area contributed by atoms with E-state index in [1.165, 1.54) is 6.07 Å². The molecule has 0 nitrogen and oxygen atoms in total. The lowest BCUT2D eigenvalue weighted by molar-refractivity contribution is 0.381. The molecule has 0 saturated heterocycles. The number of halogens is 5. The van der Waals surface area contributed by atoms with Crippen molar-refractivity contribution in [2.24, 2.45) is 0 Å². The van der Waals surface area contributed by atoms with Gasteiger partial charge in [-0.15, -0.1) is 11.3 Å². The quantitative estimate of drug-likeness (QED) is 0.326. The second-order valence-electron chi connectivity index (χ2n) is 4.09. The normalized spacial score (nSPS) is 11.2. The van der Waals surface area contributed by atoms with Crippen LogP contribution in [0.5, 0.6) is 0 Å². The van der Waals surface area contributed by atoms with E-state index in [-0.39, 0.29) is 4.88 Å². The number of hydrogen-bond donors (Lipinski definition) is 0. The van der Waals surface area contributed by atoms with E-state index in [0.717, 1.165) is 11.3 Å². The fourth-order valence-electron chi connectivity index (χ4n) is 1.93. The van der Waals surface area contributed by atoms with Crippen LogP contribution < -0.4 is 0 Å². The van der Waals surface area contributed by atoms with Crippen LogP contribution in [0.3, 0.4) is 0 Å². The lowest BCUT2D eigenvalue weighted by atomic mass is 10.1. The molecule has 0 amide bonds. The van der Waals surface area contributed by atoms with Crippen LogP contribution in [0.2, 0.25) is 0 Å². The highest BCUT2D eigenvalue weighted by Crippen LogP contribution is 2.38. The highest BCUT2D eigenvalue weighted by Gasteiger charge is 2.27. The molecule has 20 heavy (non-hydrogen) atoms. The van der Waals surface area contributed by atoms with Crippen molar-refractivity contribution in [1.29, 1.82) is 0 Å². The Labute approximate surface area is 114 Å². The molecule has 0 atom stereocenters. The van der Waals surface area contributed by atoms with Crippen LogP contribution in [0.15, 0.2) is 30.3 Å². The van der Waals surface area contributed by atoms with E-state index in [9.17, 15) is 22.0 Å². The van der Waals surface area contributed by atoms with Gasteiger partial charge in [-0.3, -0.25) is 0 Å². The maximum atomic E-state index is 13.7. The maximum absolute atomic E-state index is 13.7. The summed E-state index contributed by atoms with van der Waals surface area (Å²) in [6.07, 6.45) is 0. The van der Waals surface area contributed by atoms with Gasteiger partial charge in [-0.05, 0) is 17.5 Å². The van der Waals surface area contributed by atoms with Gasteiger partial charge < -0.3 is 0 Å². The largest absolute Gasteiger partial charge is 0.203 e. The van der Waals surface area contributed by atoms with E-state index in [1.54, 1.807) is 24.3 Å². The van der Waals surface area contributed by atoms with Crippen LogP contribution in [0.1, 0.15) is 0 Å². The molecule has 0 saturated carbocycles. The number of thiophene rings is 1. The third kappa shape index (κ3) is 1.79. The van der Waals surface area contributed by atoms with Gasteiger partial charge in [0.05, 0.1) is 5.56 Å². The molecule has 2 aromatic carbocycles. The molecule has 3 aromatic rings. The minimum absolute atomic E-state index is 0.000926. The van der Waals surface area contributed by atoms with E-state index in [4.69, 9.17) is 0 Å². The molecule has 102 valence electrons. The average Bonchev–Trinajstić information content (AvgIpc) is 2.86. The summed E-state index contributed by atoms with van der Waals surface area (Å²) in [7, 11) is 0. The molecule has 0 aliphatic carbocycles. The van der Waals surface area contributed by atoms with E-state index < -0.39 is 34.6 Å². The summed E-state index contributed by atoms with van der Waals surface area (Å²) in [6, 6.07) is 8.24. The fraction of sp³-hybridized carbons (Fsp3) is 0. The number of fused-ring (bicyclic) bond motifs is 1. The number of rotatable bonds is 1. The smallest absolute Gasteiger partial charge is 0.200 e. The average molecular weight is 300 g/mol. The summed E-state index contributed by atoms with van der Waals surface area (Å²) >= 11 is 0.966. The minimum Gasteiger partial charge on any atom is -0.203 e. The summed E-state index contributed by atoms with van der Waals surface area (Å²) in [6.45, 7) is 0. The zero-order chi connectivity index (χ0) is 14.4. The van der Waals surface area contributed by atoms with Crippen LogP contribution in [-0.4, -0.2) is 0 Å². The molecule has 0 aliphatic heterocycles. The van der Waals surface area contributed by atoms with Gasteiger partial charge in [0.25, 0.3) is 0 Å². The van der Waals surface area contributed by atoms with Gasteiger partial charge in [0.15, 0.2) is 23.3 Å².